The summed E-state index contributed by atoms with van der Waals surface area (Å²) in [7, 11) is 0. The Morgan fingerprint density at radius 2 is 1.85 bits per heavy atom. The Morgan fingerprint density at radius 1 is 1.15 bits per heavy atom. The molecular formula is C19H27Cl2N3O2S. The Morgan fingerprint density at radius 3 is 2.48 bits per heavy atom. The lowest BCUT2D eigenvalue weighted by Gasteiger charge is -2.34. The van der Waals surface area contributed by atoms with Crippen molar-refractivity contribution in [2.45, 2.75) is 18.5 Å². The third-order valence-electron chi connectivity index (χ3n) is 4.48. The van der Waals surface area contributed by atoms with Crippen LogP contribution in [0.15, 0.2) is 47.8 Å². The quantitative estimate of drug-likeness (QED) is 0.706. The maximum Gasteiger partial charge on any atom is 0.221 e. The van der Waals surface area contributed by atoms with Gasteiger partial charge in [-0.3, -0.25) is 9.69 Å². The fourth-order valence-corrected chi connectivity index (χ4v) is 3.94. The van der Waals surface area contributed by atoms with Crippen LogP contribution < -0.4 is 11.1 Å². The average molecular weight is 432 g/mol. The Kier molecular flexibility index (Phi) is 10.9. The smallest absolute Gasteiger partial charge is 0.221 e. The summed E-state index contributed by atoms with van der Waals surface area (Å²) in [6.07, 6.45) is 0.296. The Hall–Kier alpha value is -1.15. The second kappa shape index (κ2) is 12.3. The molecule has 5 nitrogen and oxygen atoms in total. The van der Waals surface area contributed by atoms with Gasteiger partial charge in [-0.15, -0.1) is 36.2 Å². The highest BCUT2D eigenvalue weighted by molar-refractivity contribution is 7.10. The molecule has 2 heterocycles. The van der Waals surface area contributed by atoms with E-state index in [2.05, 4.69) is 27.7 Å². The second-order valence-electron chi connectivity index (χ2n) is 6.20. The molecule has 2 aromatic rings. The summed E-state index contributed by atoms with van der Waals surface area (Å²) in [6, 6.07) is 13.9. The second-order valence-corrected chi connectivity index (χ2v) is 7.18. The van der Waals surface area contributed by atoms with Crippen LogP contribution in [0.25, 0.3) is 0 Å². The maximum atomic E-state index is 12.4. The van der Waals surface area contributed by atoms with Gasteiger partial charge in [-0.25, -0.2) is 0 Å². The summed E-state index contributed by atoms with van der Waals surface area (Å²) in [4.78, 5) is 16.0. The standard InChI is InChI=1S/C19H25N3O2S.2ClH/c20-16(15-5-2-1-3-6-15)13-19(23)21-14-17(18-7-4-12-25-18)22-8-10-24-11-9-22;;/h1-7,12,16-17H,8-11,13-14,20H2,(H,21,23);2*1H. The highest BCUT2D eigenvalue weighted by Crippen LogP contribution is 2.25. The van der Waals surface area contributed by atoms with Gasteiger partial charge in [-0.1, -0.05) is 36.4 Å². The van der Waals surface area contributed by atoms with Crippen LogP contribution in [-0.2, 0) is 9.53 Å². The minimum atomic E-state index is -0.273. The predicted molar refractivity (Wildman–Crippen MR) is 115 cm³/mol. The van der Waals surface area contributed by atoms with Crippen molar-refractivity contribution in [1.82, 2.24) is 10.2 Å². The SMILES string of the molecule is Cl.Cl.NC(CC(=O)NCC(c1cccs1)N1CCOCC1)c1ccccc1. The van der Waals surface area contributed by atoms with Crippen molar-refractivity contribution < 1.29 is 9.53 Å². The van der Waals surface area contributed by atoms with Gasteiger partial charge in [0.05, 0.1) is 19.3 Å². The summed E-state index contributed by atoms with van der Waals surface area (Å²) in [5.41, 5.74) is 7.14. The molecule has 1 saturated heterocycles. The zero-order valence-corrected chi connectivity index (χ0v) is 17.5. The number of nitrogens with zero attached hydrogens (tertiary/aromatic N) is 1. The molecule has 1 amide bonds. The molecule has 0 radical (unpaired) electrons. The lowest BCUT2D eigenvalue weighted by Crippen LogP contribution is -2.43. The summed E-state index contributed by atoms with van der Waals surface area (Å²) in [6.45, 7) is 3.87. The van der Waals surface area contributed by atoms with Crippen LogP contribution in [-0.4, -0.2) is 43.7 Å². The van der Waals surface area contributed by atoms with E-state index in [9.17, 15) is 4.79 Å². The predicted octanol–water partition coefficient (Wildman–Crippen LogP) is 3.17. The molecular weight excluding hydrogens is 405 g/mol. The number of morpholine rings is 1. The van der Waals surface area contributed by atoms with Gasteiger partial charge in [0.1, 0.15) is 0 Å². The fraction of sp³-hybridized carbons (Fsp3) is 0.421. The van der Waals surface area contributed by atoms with Gasteiger partial charge in [-0.2, -0.15) is 0 Å². The van der Waals surface area contributed by atoms with Crippen LogP contribution in [0.5, 0.6) is 0 Å². The number of hydrogen-bond donors (Lipinski definition) is 2. The van der Waals surface area contributed by atoms with E-state index < -0.39 is 0 Å². The molecule has 0 saturated carbocycles. The van der Waals surface area contributed by atoms with Gasteiger partial charge < -0.3 is 15.8 Å². The topological polar surface area (TPSA) is 67.6 Å². The van der Waals surface area contributed by atoms with Gasteiger partial charge in [0, 0.05) is 37.0 Å². The minimum absolute atomic E-state index is 0. The van der Waals surface area contributed by atoms with E-state index >= 15 is 0 Å². The number of benzene rings is 1. The van der Waals surface area contributed by atoms with E-state index in [1.165, 1.54) is 4.88 Å². The molecule has 8 heteroatoms. The molecule has 2 atom stereocenters. The number of carbonyl (C=O) groups excluding carboxylic acids is 1. The van der Waals surface area contributed by atoms with E-state index in [1.54, 1.807) is 11.3 Å². The molecule has 3 rings (SSSR count). The molecule has 3 N–H and O–H groups in total. The van der Waals surface area contributed by atoms with E-state index in [0.717, 1.165) is 31.9 Å². The first-order valence-corrected chi connectivity index (χ1v) is 9.54. The van der Waals surface area contributed by atoms with Gasteiger partial charge in [0.2, 0.25) is 5.91 Å². The molecule has 27 heavy (non-hydrogen) atoms. The molecule has 0 aliphatic carbocycles. The third kappa shape index (κ3) is 7.07. The highest BCUT2D eigenvalue weighted by Gasteiger charge is 2.24. The van der Waals surface area contributed by atoms with Crippen molar-refractivity contribution in [2.24, 2.45) is 5.73 Å². The van der Waals surface area contributed by atoms with Crippen molar-refractivity contribution in [2.75, 3.05) is 32.8 Å². The number of nitrogens with two attached hydrogens (primary N) is 1. The van der Waals surface area contributed by atoms with E-state index in [4.69, 9.17) is 10.5 Å². The fourth-order valence-electron chi connectivity index (χ4n) is 3.08. The monoisotopic (exact) mass is 431 g/mol. The normalized spacial score (nSPS) is 16.5. The molecule has 1 aliphatic rings. The zero-order valence-electron chi connectivity index (χ0n) is 15.1. The number of thiophene rings is 1. The molecule has 0 spiro atoms. The van der Waals surface area contributed by atoms with E-state index in [-0.39, 0.29) is 42.8 Å². The summed E-state index contributed by atoms with van der Waals surface area (Å²) in [5, 5.41) is 5.15. The van der Waals surface area contributed by atoms with Crippen LogP contribution in [0.4, 0.5) is 0 Å². The average Bonchev–Trinajstić information content (AvgIpc) is 3.18. The van der Waals surface area contributed by atoms with Crippen LogP contribution in [0.3, 0.4) is 0 Å². The summed E-state index contributed by atoms with van der Waals surface area (Å²) >= 11 is 1.73. The van der Waals surface area contributed by atoms with Gasteiger partial charge >= 0.3 is 0 Å². The molecule has 2 unspecified atom stereocenters. The van der Waals surface area contributed by atoms with Crippen molar-refractivity contribution in [1.29, 1.82) is 0 Å². The molecule has 1 aliphatic heterocycles. The zero-order chi connectivity index (χ0) is 17.5. The lowest BCUT2D eigenvalue weighted by molar-refractivity contribution is -0.121. The van der Waals surface area contributed by atoms with Crippen molar-refractivity contribution in [3.63, 3.8) is 0 Å². The van der Waals surface area contributed by atoms with Crippen LogP contribution in [0, 0.1) is 0 Å². The number of rotatable bonds is 7. The number of hydrogen-bond acceptors (Lipinski definition) is 5. The van der Waals surface area contributed by atoms with Gasteiger partial charge in [-0.05, 0) is 17.0 Å². The first-order valence-electron chi connectivity index (χ1n) is 8.66. The molecule has 1 aromatic carbocycles. The third-order valence-corrected chi connectivity index (χ3v) is 5.46. The largest absolute Gasteiger partial charge is 0.379 e. The first kappa shape index (κ1) is 23.9. The van der Waals surface area contributed by atoms with E-state index in [1.807, 2.05) is 30.3 Å². The molecule has 1 aromatic heterocycles. The molecule has 1 fully saturated rings. The van der Waals surface area contributed by atoms with Crippen LogP contribution in [0.1, 0.15) is 28.9 Å². The van der Waals surface area contributed by atoms with Gasteiger partial charge in [0.15, 0.2) is 0 Å². The van der Waals surface area contributed by atoms with Crippen LogP contribution >= 0.6 is 36.2 Å². The maximum absolute atomic E-state index is 12.4. The van der Waals surface area contributed by atoms with Crippen molar-refractivity contribution in [3.05, 3.63) is 58.3 Å². The molecule has 150 valence electrons. The number of carbonyl (C=O) groups is 1. The minimum Gasteiger partial charge on any atom is -0.379 e. The molecule has 0 bridgehead atoms. The number of nitrogens with one attached hydrogen (secondary N) is 1. The Balaban J connectivity index is 0.00000182. The number of halogens is 2. The summed E-state index contributed by atoms with van der Waals surface area (Å²) < 4.78 is 5.45. The van der Waals surface area contributed by atoms with Crippen LogP contribution in [0.2, 0.25) is 0 Å². The number of ether oxygens (including phenoxy) is 1. The first-order chi connectivity index (χ1) is 12.2. The Bertz CT molecular complexity index is 652. The van der Waals surface area contributed by atoms with Crippen molar-refractivity contribution in [3.8, 4) is 0 Å². The van der Waals surface area contributed by atoms with Crippen molar-refractivity contribution >= 4 is 42.1 Å². The van der Waals surface area contributed by atoms with E-state index in [0.29, 0.717) is 13.0 Å². The number of amides is 1. The Labute approximate surface area is 177 Å². The lowest BCUT2D eigenvalue weighted by atomic mass is 10.0. The summed E-state index contributed by atoms with van der Waals surface area (Å²) in [5.74, 6) is -0.00818. The van der Waals surface area contributed by atoms with Gasteiger partial charge in [0.25, 0.3) is 0 Å². The highest BCUT2D eigenvalue weighted by atomic mass is 35.5.